The molecule has 0 aromatic rings. The van der Waals surface area contributed by atoms with Gasteiger partial charge in [-0.1, -0.05) is 51.4 Å². The lowest BCUT2D eigenvalue weighted by atomic mass is 10.1. The van der Waals surface area contributed by atoms with Gasteiger partial charge in [0, 0.05) is 38.8 Å². The van der Waals surface area contributed by atoms with Gasteiger partial charge in [0.2, 0.25) is 5.91 Å². The number of hydrogen-bond donors (Lipinski definition) is 4. The average molecular weight is 489 g/mol. The van der Waals surface area contributed by atoms with E-state index in [4.69, 9.17) is 15.1 Å². The van der Waals surface area contributed by atoms with Gasteiger partial charge in [0.1, 0.15) is 0 Å². The van der Waals surface area contributed by atoms with E-state index in [9.17, 15) is 24.4 Å². The lowest BCUT2D eigenvalue weighted by Gasteiger charge is -2.14. The van der Waals surface area contributed by atoms with Crippen molar-refractivity contribution < 1.29 is 39.4 Å². The first-order valence-corrected chi connectivity index (χ1v) is 12.7. The Morgan fingerprint density at radius 3 is 1.59 bits per heavy atom. The van der Waals surface area contributed by atoms with Crippen LogP contribution in [0.5, 0.6) is 0 Å². The molecule has 0 saturated heterocycles. The Hall–Kier alpha value is -2.20. The van der Waals surface area contributed by atoms with Gasteiger partial charge in [-0.3, -0.25) is 24.4 Å². The Morgan fingerprint density at radius 1 is 0.588 bits per heavy atom. The highest BCUT2D eigenvalue weighted by molar-refractivity contribution is 5.74. The van der Waals surface area contributed by atoms with Gasteiger partial charge in [-0.25, -0.2) is 5.06 Å². The largest absolute Gasteiger partial charge is 0.481 e. The molecule has 34 heavy (non-hydrogen) atoms. The molecule has 1 amide bonds. The number of carbonyl (C=O) groups is 4. The van der Waals surface area contributed by atoms with Gasteiger partial charge in [-0.2, -0.15) is 5.48 Å². The molecule has 0 aromatic carbocycles. The highest BCUT2D eigenvalue weighted by atomic mass is 16.7. The third-order valence-corrected chi connectivity index (χ3v) is 5.43. The number of hydrogen-bond acceptors (Lipinski definition) is 7. The minimum absolute atomic E-state index is 0.183. The molecule has 0 bridgehead atoms. The standard InChI is InChI=1S/C24H44N2O8/c27-21(26(33)20-14-8-2-4-11-17-23(30)31)15-9-5-6-12-18-24(32)34-25-19-13-7-1-3-10-16-22(28)29/h25,33H,1-20H2,(H,28,29)(H,30,31). The fourth-order valence-electron chi connectivity index (χ4n) is 3.41. The van der Waals surface area contributed by atoms with Crippen LogP contribution in [0, 0.1) is 0 Å². The molecule has 10 nitrogen and oxygen atoms in total. The number of amides is 1. The van der Waals surface area contributed by atoms with E-state index in [1.54, 1.807) is 0 Å². The van der Waals surface area contributed by atoms with Crippen LogP contribution < -0.4 is 5.48 Å². The summed E-state index contributed by atoms with van der Waals surface area (Å²) in [6.07, 6.45) is 12.2. The van der Waals surface area contributed by atoms with Gasteiger partial charge in [0.05, 0.1) is 0 Å². The summed E-state index contributed by atoms with van der Waals surface area (Å²) in [6, 6.07) is 0. The van der Waals surface area contributed by atoms with Crippen molar-refractivity contribution in [3.05, 3.63) is 0 Å². The normalized spacial score (nSPS) is 10.7. The van der Waals surface area contributed by atoms with Crippen LogP contribution in [0.1, 0.15) is 116 Å². The summed E-state index contributed by atoms with van der Waals surface area (Å²) in [5.41, 5.74) is 2.66. The zero-order chi connectivity index (χ0) is 25.4. The zero-order valence-electron chi connectivity index (χ0n) is 20.5. The van der Waals surface area contributed by atoms with E-state index < -0.39 is 11.9 Å². The highest BCUT2D eigenvalue weighted by Crippen LogP contribution is 2.10. The number of unbranched alkanes of at least 4 members (excludes halogenated alkanes) is 11. The number of nitrogens with one attached hydrogen (secondary N) is 1. The lowest BCUT2D eigenvalue weighted by molar-refractivity contribution is -0.165. The third-order valence-electron chi connectivity index (χ3n) is 5.43. The van der Waals surface area contributed by atoms with E-state index in [1.165, 1.54) is 0 Å². The number of nitrogens with zero attached hydrogens (tertiary/aromatic N) is 1. The molecule has 0 unspecified atom stereocenters. The van der Waals surface area contributed by atoms with Crippen LogP contribution >= 0.6 is 0 Å². The van der Waals surface area contributed by atoms with Crippen LogP contribution in [0.4, 0.5) is 0 Å². The summed E-state index contributed by atoms with van der Waals surface area (Å²) in [6.45, 7) is 0.872. The number of carboxylic acid groups (broad SMARTS) is 2. The zero-order valence-corrected chi connectivity index (χ0v) is 20.5. The molecule has 0 atom stereocenters. The van der Waals surface area contributed by atoms with Crippen molar-refractivity contribution in [2.45, 2.75) is 116 Å². The maximum absolute atomic E-state index is 11.9. The molecule has 0 spiro atoms. The predicted molar refractivity (Wildman–Crippen MR) is 126 cm³/mol. The summed E-state index contributed by atoms with van der Waals surface area (Å²) in [5, 5.41) is 27.7. The molecule has 0 aliphatic carbocycles. The maximum Gasteiger partial charge on any atom is 0.324 e. The molecule has 0 rings (SSSR count). The first-order chi connectivity index (χ1) is 16.3. The van der Waals surface area contributed by atoms with Gasteiger partial charge >= 0.3 is 17.9 Å². The lowest BCUT2D eigenvalue weighted by Crippen LogP contribution is -2.28. The van der Waals surface area contributed by atoms with Gasteiger partial charge < -0.3 is 15.1 Å². The molecule has 0 fully saturated rings. The topological polar surface area (TPSA) is 153 Å². The molecule has 0 aromatic heterocycles. The van der Waals surface area contributed by atoms with Crippen molar-refractivity contribution in [2.24, 2.45) is 0 Å². The first-order valence-electron chi connectivity index (χ1n) is 12.7. The van der Waals surface area contributed by atoms with Gasteiger partial charge in [0.25, 0.3) is 0 Å². The quantitative estimate of drug-likeness (QED) is 0.0876. The summed E-state index contributed by atoms with van der Waals surface area (Å²) in [7, 11) is 0. The second kappa shape index (κ2) is 22.6. The summed E-state index contributed by atoms with van der Waals surface area (Å²) in [5.74, 6) is -2.14. The maximum atomic E-state index is 11.9. The minimum atomic E-state index is -0.782. The molecule has 10 heteroatoms. The van der Waals surface area contributed by atoms with Crippen molar-refractivity contribution in [1.29, 1.82) is 0 Å². The molecular weight excluding hydrogens is 444 g/mol. The Morgan fingerprint density at radius 2 is 1.03 bits per heavy atom. The molecule has 0 aliphatic heterocycles. The summed E-state index contributed by atoms with van der Waals surface area (Å²) >= 11 is 0. The molecular formula is C24H44N2O8. The number of carbonyl (C=O) groups excluding carboxylic acids is 2. The van der Waals surface area contributed by atoms with Gasteiger partial charge in [-0.15, -0.1) is 0 Å². The molecule has 198 valence electrons. The van der Waals surface area contributed by atoms with Crippen LogP contribution in [-0.2, 0) is 24.0 Å². The van der Waals surface area contributed by atoms with Gasteiger partial charge in [0.15, 0.2) is 0 Å². The number of hydroxylamine groups is 3. The van der Waals surface area contributed by atoms with Crippen molar-refractivity contribution in [2.75, 3.05) is 13.1 Å². The Bertz CT molecular complexity index is 571. The SMILES string of the molecule is O=C(O)CCCCCCCNOC(=O)CCCCCCC(=O)N(O)CCCCCCCC(=O)O. The molecule has 0 radical (unpaired) electrons. The van der Waals surface area contributed by atoms with Crippen LogP contribution in [0.3, 0.4) is 0 Å². The van der Waals surface area contributed by atoms with Crippen molar-refractivity contribution >= 4 is 23.8 Å². The van der Waals surface area contributed by atoms with Crippen molar-refractivity contribution in [3.63, 3.8) is 0 Å². The fourth-order valence-corrected chi connectivity index (χ4v) is 3.41. The Kier molecular flexibility index (Phi) is 21.1. The Balaban J connectivity index is 3.44. The van der Waals surface area contributed by atoms with E-state index in [2.05, 4.69) is 5.48 Å². The van der Waals surface area contributed by atoms with E-state index in [0.29, 0.717) is 51.6 Å². The van der Waals surface area contributed by atoms with Crippen LogP contribution in [0.15, 0.2) is 0 Å². The second-order valence-electron chi connectivity index (χ2n) is 8.62. The minimum Gasteiger partial charge on any atom is -0.481 e. The van der Waals surface area contributed by atoms with E-state index in [1.807, 2.05) is 0 Å². The number of rotatable bonds is 24. The van der Waals surface area contributed by atoms with Crippen molar-refractivity contribution in [3.8, 4) is 0 Å². The summed E-state index contributed by atoms with van der Waals surface area (Å²) in [4.78, 5) is 49.4. The monoisotopic (exact) mass is 488 g/mol. The highest BCUT2D eigenvalue weighted by Gasteiger charge is 2.10. The molecule has 0 aliphatic rings. The summed E-state index contributed by atoms with van der Waals surface area (Å²) < 4.78 is 0. The van der Waals surface area contributed by atoms with Gasteiger partial charge in [-0.05, 0) is 38.5 Å². The molecule has 0 saturated carbocycles. The predicted octanol–water partition coefficient (Wildman–Crippen LogP) is 4.44. The molecule has 0 heterocycles. The fraction of sp³-hybridized carbons (Fsp3) is 0.833. The first kappa shape index (κ1) is 31.8. The van der Waals surface area contributed by atoms with Crippen LogP contribution in [-0.4, -0.2) is 57.4 Å². The van der Waals surface area contributed by atoms with Crippen molar-refractivity contribution in [1.82, 2.24) is 10.5 Å². The number of carboxylic acids is 2. The number of aliphatic carboxylic acids is 2. The third kappa shape index (κ3) is 23.0. The smallest absolute Gasteiger partial charge is 0.324 e. The van der Waals surface area contributed by atoms with E-state index in [-0.39, 0.29) is 31.1 Å². The molecule has 4 N–H and O–H groups in total. The Labute approximate surface area is 202 Å². The van der Waals surface area contributed by atoms with Crippen LogP contribution in [0.2, 0.25) is 0 Å². The average Bonchev–Trinajstić information content (AvgIpc) is 2.78. The van der Waals surface area contributed by atoms with E-state index in [0.717, 1.165) is 62.9 Å². The second-order valence-corrected chi connectivity index (χ2v) is 8.62. The van der Waals surface area contributed by atoms with E-state index >= 15 is 0 Å². The van der Waals surface area contributed by atoms with Crippen LogP contribution in [0.25, 0.3) is 0 Å².